The summed E-state index contributed by atoms with van der Waals surface area (Å²) in [5.74, 6) is 1.73. The maximum Gasteiger partial charge on any atom is 0.174 e. The second-order valence-corrected chi connectivity index (χ2v) is 4.85. The molecular weight excluding hydrogens is 224 g/mol. The summed E-state index contributed by atoms with van der Waals surface area (Å²) >= 11 is 0. The summed E-state index contributed by atoms with van der Waals surface area (Å²) in [4.78, 5) is 0. The van der Waals surface area contributed by atoms with Crippen LogP contribution in [0.1, 0.15) is 31.2 Å². The van der Waals surface area contributed by atoms with Crippen LogP contribution in [0, 0.1) is 17.2 Å². The third kappa shape index (κ3) is 4.05. The molecule has 1 aromatic rings. The largest absolute Gasteiger partial charge is 0.479 e. The first kappa shape index (κ1) is 12.9. The van der Waals surface area contributed by atoms with Crippen LogP contribution >= 0.6 is 0 Å². The van der Waals surface area contributed by atoms with Crippen molar-refractivity contribution >= 4 is 0 Å². The van der Waals surface area contributed by atoms with Crippen molar-refractivity contribution in [2.45, 2.75) is 32.2 Å². The molecule has 0 atom stereocenters. The summed E-state index contributed by atoms with van der Waals surface area (Å²) in [5, 5.41) is 11.9. The zero-order valence-corrected chi connectivity index (χ0v) is 10.7. The van der Waals surface area contributed by atoms with Gasteiger partial charge in [-0.15, -0.1) is 0 Å². The van der Waals surface area contributed by atoms with Crippen molar-refractivity contribution in [2.75, 3.05) is 13.2 Å². The highest BCUT2D eigenvalue weighted by atomic mass is 16.5. The first-order valence-corrected chi connectivity index (χ1v) is 6.68. The molecule has 0 aromatic heterocycles. The summed E-state index contributed by atoms with van der Waals surface area (Å²) in [6.07, 6.45) is 5.58. The minimum Gasteiger partial charge on any atom is -0.479 e. The number of hydrogen-bond donors (Lipinski definition) is 1. The van der Waals surface area contributed by atoms with Crippen LogP contribution in [0.5, 0.6) is 5.75 Å². The van der Waals surface area contributed by atoms with Crippen LogP contribution in [0.4, 0.5) is 0 Å². The lowest BCUT2D eigenvalue weighted by atomic mass is 9.83. The lowest BCUT2D eigenvalue weighted by Gasteiger charge is -2.25. The van der Waals surface area contributed by atoms with Gasteiger partial charge in [0, 0.05) is 6.54 Å². The highest BCUT2D eigenvalue weighted by molar-refractivity contribution is 5.27. The first-order chi connectivity index (χ1) is 8.88. The Labute approximate surface area is 109 Å². The first-order valence-electron chi connectivity index (χ1n) is 6.68. The Hall–Kier alpha value is -1.53. The smallest absolute Gasteiger partial charge is 0.174 e. The molecule has 0 bridgehead atoms. The maximum absolute atomic E-state index is 8.41. The normalized spacial score (nSPS) is 14.8. The zero-order chi connectivity index (χ0) is 12.6. The summed E-state index contributed by atoms with van der Waals surface area (Å²) in [7, 11) is 0. The average Bonchev–Trinajstić information content (AvgIpc) is 2.35. The molecule has 3 heteroatoms. The van der Waals surface area contributed by atoms with Crippen molar-refractivity contribution in [1.82, 2.24) is 5.32 Å². The molecule has 1 aromatic carbocycles. The van der Waals surface area contributed by atoms with Gasteiger partial charge in [-0.25, -0.2) is 0 Å². The third-order valence-corrected chi connectivity index (χ3v) is 3.51. The molecule has 1 aliphatic carbocycles. The molecular formula is C15H20N2O. The standard InChI is InChI=1S/C15H20N2O/c16-9-11-18-15-6-4-14(5-7-15)12-17-10-8-13-2-1-3-13/h4-7,13,17H,1-3,8,10-12H2. The number of ether oxygens (including phenoxy) is 1. The van der Waals surface area contributed by atoms with E-state index in [1.807, 2.05) is 30.3 Å². The van der Waals surface area contributed by atoms with Gasteiger partial charge in [-0.1, -0.05) is 31.4 Å². The van der Waals surface area contributed by atoms with Crippen molar-refractivity contribution in [3.8, 4) is 11.8 Å². The van der Waals surface area contributed by atoms with E-state index in [2.05, 4.69) is 5.32 Å². The van der Waals surface area contributed by atoms with Gasteiger partial charge in [0.1, 0.15) is 11.8 Å². The van der Waals surface area contributed by atoms with Gasteiger partial charge in [-0.3, -0.25) is 0 Å². The molecule has 0 spiro atoms. The van der Waals surface area contributed by atoms with Crippen molar-refractivity contribution < 1.29 is 4.74 Å². The molecule has 1 fully saturated rings. The number of hydrogen-bond acceptors (Lipinski definition) is 3. The molecule has 1 saturated carbocycles. The lowest BCUT2D eigenvalue weighted by Crippen LogP contribution is -2.21. The van der Waals surface area contributed by atoms with E-state index in [0.29, 0.717) is 0 Å². The maximum atomic E-state index is 8.41. The SMILES string of the molecule is N#CCOc1ccc(CNCCC2CCC2)cc1. The van der Waals surface area contributed by atoms with E-state index >= 15 is 0 Å². The number of nitrogens with zero attached hydrogens (tertiary/aromatic N) is 1. The monoisotopic (exact) mass is 244 g/mol. The topological polar surface area (TPSA) is 45.0 Å². The Bertz CT molecular complexity index is 390. The Kier molecular flexibility index (Phi) is 5.04. The van der Waals surface area contributed by atoms with E-state index in [0.717, 1.165) is 24.8 Å². The van der Waals surface area contributed by atoms with Crippen molar-refractivity contribution in [3.63, 3.8) is 0 Å². The second kappa shape index (κ2) is 7.03. The van der Waals surface area contributed by atoms with Crippen LogP contribution in [0.2, 0.25) is 0 Å². The van der Waals surface area contributed by atoms with Gasteiger partial charge >= 0.3 is 0 Å². The summed E-state index contributed by atoms with van der Waals surface area (Å²) in [6.45, 7) is 2.13. The fraction of sp³-hybridized carbons (Fsp3) is 0.533. The zero-order valence-electron chi connectivity index (χ0n) is 10.7. The Morgan fingerprint density at radius 1 is 1.28 bits per heavy atom. The predicted molar refractivity (Wildman–Crippen MR) is 71.2 cm³/mol. The Morgan fingerprint density at radius 2 is 2.06 bits per heavy atom. The Balaban J connectivity index is 1.64. The molecule has 0 heterocycles. The summed E-state index contributed by atoms with van der Waals surface area (Å²) in [5.41, 5.74) is 1.26. The Morgan fingerprint density at radius 3 is 2.67 bits per heavy atom. The van der Waals surface area contributed by atoms with Gasteiger partial charge in [0.25, 0.3) is 0 Å². The molecule has 1 aliphatic rings. The van der Waals surface area contributed by atoms with E-state index in [4.69, 9.17) is 10.00 Å². The molecule has 0 radical (unpaired) electrons. The van der Waals surface area contributed by atoms with Gasteiger partial charge in [0.05, 0.1) is 0 Å². The van der Waals surface area contributed by atoms with Gasteiger partial charge in [0.2, 0.25) is 0 Å². The van der Waals surface area contributed by atoms with E-state index < -0.39 is 0 Å². The van der Waals surface area contributed by atoms with Gasteiger partial charge < -0.3 is 10.1 Å². The predicted octanol–water partition coefficient (Wildman–Crippen LogP) is 2.87. The average molecular weight is 244 g/mol. The van der Waals surface area contributed by atoms with Crippen LogP contribution in [0.15, 0.2) is 24.3 Å². The molecule has 2 rings (SSSR count). The van der Waals surface area contributed by atoms with Crippen LogP contribution in [0.25, 0.3) is 0 Å². The second-order valence-electron chi connectivity index (χ2n) is 4.85. The molecule has 1 N–H and O–H groups in total. The number of rotatable bonds is 7. The number of benzene rings is 1. The molecule has 18 heavy (non-hydrogen) atoms. The number of nitrogens with one attached hydrogen (secondary N) is 1. The van der Waals surface area contributed by atoms with E-state index in [1.54, 1.807) is 0 Å². The minimum absolute atomic E-state index is 0.110. The quantitative estimate of drug-likeness (QED) is 0.750. The molecule has 3 nitrogen and oxygen atoms in total. The molecule has 0 saturated heterocycles. The third-order valence-electron chi connectivity index (χ3n) is 3.51. The summed E-state index contributed by atoms with van der Waals surface area (Å²) in [6, 6.07) is 9.88. The van der Waals surface area contributed by atoms with Gasteiger partial charge in [0.15, 0.2) is 6.61 Å². The van der Waals surface area contributed by atoms with Crippen LogP contribution in [-0.2, 0) is 6.54 Å². The molecule has 0 unspecified atom stereocenters. The highest BCUT2D eigenvalue weighted by Gasteiger charge is 2.15. The number of nitriles is 1. The molecule has 0 aliphatic heterocycles. The fourth-order valence-electron chi connectivity index (χ4n) is 2.14. The van der Waals surface area contributed by atoms with Crippen LogP contribution in [0.3, 0.4) is 0 Å². The molecule has 0 amide bonds. The van der Waals surface area contributed by atoms with Crippen molar-refractivity contribution in [3.05, 3.63) is 29.8 Å². The van der Waals surface area contributed by atoms with Crippen molar-refractivity contribution in [1.29, 1.82) is 5.26 Å². The van der Waals surface area contributed by atoms with E-state index in [9.17, 15) is 0 Å². The van der Waals surface area contributed by atoms with E-state index in [-0.39, 0.29) is 6.61 Å². The molecule has 96 valence electrons. The highest BCUT2D eigenvalue weighted by Crippen LogP contribution is 2.28. The van der Waals surface area contributed by atoms with Crippen LogP contribution < -0.4 is 10.1 Å². The van der Waals surface area contributed by atoms with Crippen LogP contribution in [-0.4, -0.2) is 13.2 Å². The van der Waals surface area contributed by atoms with E-state index in [1.165, 1.54) is 31.2 Å². The van der Waals surface area contributed by atoms with Gasteiger partial charge in [-0.05, 0) is 36.6 Å². The lowest BCUT2D eigenvalue weighted by molar-refractivity contribution is 0.292. The fourth-order valence-corrected chi connectivity index (χ4v) is 2.14. The van der Waals surface area contributed by atoms with Gasteiger partial charge in [-0.2, -0.15) is 5.26 Å². The minimum atomic E-state index is 0.110. The summed E-state index contributed by atoms with van der Waals surface area (Å²) < 4.78 is 5.21. The van der Waals surface area contributed by atoms with Crippen molar-refractivity contribution in [2.24, 2.45) is 5.92 Å².